The van der Waals surface area contributed by atoms with Crippen LogP contribution in [0.4, 0.5) is 0 Å². The van der Waals surface area contributed by atoms with Gasteiger partial charge in [0.1, 0.15) is 5.75 Å². The highest BCUT2D eigenvalue weighted by molar-refractivity contribution is 5.38. The van der Waals surface area contributed by atoms with Crippen LogP contribution in [0, 0.1) is 0 Å². The van der Waals surface area contributed by atoms with Crippen LogP contribution in [-0.4, -0.2) is 16.7 Å². The van der Waals surface area contributed by atoms with Gasteiger partial charge in [0.25, 0.3) is 0 Å². The van der Waals surface area contributed by atoms with Gasteiger partial charge in [-0.25, -0.2) is 0 Å². The lowest BCUT2D eigenvalue weighted by molar-refractivity contribution is 0.334. The first kappa shape index (κ1) is 10.6. The van der Waals surface area contributed by atoms with E-state index >= 15 is 0 Å². The first-order valence-corrected chi connectivity index (χ1v) is 5.06. The van der Waals surface area contributed by atoms with Gasteiger partial charge in [-0.1, -0.05) is 23.4 Å². The van der Waals surface area contributed by atoms with Crippen molar-refractivity contribution in [3.8, 4) is 5.75 Å². The summed E-state index contributed by atoms with van der Waals surface area (Å²) in [4.78, 5) is 3.94. The SMILES string of the molecule is CCOc1ccccc1C(N)c1ncon1. The monoisotopic (exact) mass is 219 g/mol. The Morgan fingerprint density at radius 2 is 2.25 bits per heavy atom. The van der Waals surface area contributed by atoms with Gasteiger partial charge in [-0.3, -0.25) is 0 Å². The molecule has 16 heavy (non-hydrogen) atoms. The van der Waals surface area contributed by atoms with Crippen molar-refractivity contribution in [2.45, 2.75) is 13.0 Å². The number of rotatable bonds is 4. The molecule has 0 fully saturated rings. The first-order chi connectivity index (χ1) is 7.83. The Balaban J connectivity index is 2.32. The number of benzene rings is 1. The summed E-state index contributed by atoms with van der Waals surface area (Å²) >= 11 is 0. The standard InChI is InChI=1S/C11H13N3O2/c1-2-15-9-6-4-3-5-8(9)10(12)11-13-7-16-14-11/h3-7,10H,2,12H2,1H3. The van der Waals surface area contributed by atoms with Crippen molar-refractivity contribution < 1.29 is 9.26 Å². The topological polar surface area (TPSA) is 74.2 Å². The molecular weight excluding hydrogens is 206 g/mol. The van der Waals surface area contributed by atoms with Gasteiger partial charge in [-0.2, -0.15) is 4.98 Å². The number of nitrogens with zero attached hydrogens (tertiary/aromatic N) is 2. The minimum atomic E-state index is -0.429. The van der Waals surface area contributed by atoms with Crippen molar-refractivity contribution in [1.82, 2.24) is 10.1 Å². The molecule has 0 saturated heterocycles. The maximum atomic E-state index is 6.03. The predicted octanol–water partition coefficient (Wildman–Crippen LogP) is 1.52. The van der Waals surface area contributed by atoms with E-state index in [-0.39, 0.29) is 0 Å². The highest BCUT2D eigenvalue weighted by Gasteiger charge is 2.17. The zero-order valence-electron chi connectivity index (χ0n) is 8.96. The van der Waals surface area contributed by atoms with E-state index in [1.54, 1.807) is 0 Å². The molecule has 5 nitrogen and oxygen atoms in total. The Labute approximate surface area is 93.2 Å². The molecule has 1 atom stereocenters. The van der Waals surface area contributed by atoms with Crippen molar-refractivity contribution >= 4 is 0 Å². The first-order valence-electron chi connectivity index (χ1n) is 5.06. The third-order valence-electron chi connectivity index (χ3n) is 2.21. The fourth-order valence-corrected chi connectivity index (χ4v) is 1.48. The molecule has 0 bridgehead atoms. The molecule has 0 aliphatic rings. The zero-order chi connectivity index (χ0) is 11.4. The molecular formula is C11H13N3O2. The van der Waals surface area contributed by atoms with Crippen molar-refractivity contribution in [2.75, 3.05) is 6.61 Å². The Bertz CT molecular complexity index is 442. The Morgan fingerprint density at radius 1 is 1.44 bits per heavy atom. The number of aromatic nitrogens is 2. The average Bonchev–Trinajstić information content (AvgIpc) is 2.83. The summed E-state index contributed by atoms with van der Waals surface area (Å²) in [5.41, 5.74) is 6.88. The van der Waals surface area contributed by atoms with Crippen molar-refractivity contribution in [3.63, 3.8) is 0 Å². The quantitative estimate of drug-likeness (QED) is 0.843. The molecule has 0 aliphatic heterocycles. The van der Waals surface area contributed by atoms with Crippen LogP contribution in [0.1, 0.15) is 24.4 Å². The van der Waals surface area contributed by atoms with Crippen LogP contribution in [0.25, 0.3) is 0 Å². The Hall–Kier alpha value is -1.88. The van der Waals surface area contributed by atoms with E-state index in [1.165, 1.54) is 6.39 Å². The molecule has 0 radical (unpaired) electrons. The van der Waals surface area contributed by atoms with E-state index < -0.39 is 6.04 Å². The van der Waals surface area contributed by atoms with Crippen LogP contribution >= 0.6 is 0 Å². The normalized spacial score (nSPS) is 12.4. The van der Waals surface area contributed by atoms with E-state index in [4.69, 9.17) is 10.5 Å². The summed E-state index contributed by atoms with van der Waals surface area (Å²) in [6.07, 6.45) is 1.26. The second-order valence-electron chi connectivity index (χ2n) is 3.24. The second kappa shape index (κ2) is 4.76. The highest BCUT2D eigenvalue weighted by Crippen LogP contribution is 2.26. The minimum absolute atomic E-state index is 0.429. The third-order valence-corrected chi connectivity index (χ3v) is 2.21. The van der Waals surface area contributed by atoms with Crippen molar-refractivity contribution in [3.05, 3.63) is 42.0 Å². The molecule has 2 aromatic rings. The van der Waals surface area contributed by atoms with Gasteiger partial charge in [0.05, 0.1) is 12.6 Å². The van der Waals surface area contributed by atoms with Crippen LogP contribution in [0.5, 0.6) is 5.75 Å². The molecule has 5 heteroatoms. The number of hydrogen-bond donors (Lipinski definition) is 1. The highest BCUT2D eigenvalue weighted by atomic mass is 16.5. The molecule has 84 valence electrons. The van der Waals surface area contributed by atoms with Gasteiger partial charge in [0, 0.05) is 5.56 Å². The van der Waals surface area contributed by atoms with Crippen LogP contribution in [0.3, 0.4) is 0 Å². The maximum absolute atomic E-state index is 6.03. The molecule has 0 saturated carbocycles. The summed E-state index contributed by atoms with van der Waals surface area (Å²) in [5, 5.41) is 3.73. The maximum Gasteiger partial charge on any atom is 0.213 e. The van der Waals surface area contributed by atoms with Gasteiger partial charge in [0.15, 0.2) is 5.82 Å². The smallest absolute Gasteiger partial charge is 0.213 e. The van der Waals surface area contributed by atoms with E-state index in [9.17, 15) is 0 Å². The Kier molecular flexibility index (Phi) is 3.16. The summed E-state index contributed by atoms with van der Waals surface area (Å²) in [6.45, 7) is 2.52. The number of hydrogen-bond acceptors (Lipinski definition) is 5. The van der Waals surface area contributed by atoms with Gasteiger partial charge >= 0.3 is 0 Å². The van der Waals surface area contributed by atoms with E-state index in [0.717, 1.165) is 11.3 Å². The molecule has 0 spiro atoms. The molecule has 2 rings (SSSR count). The lowest BCUT2D eigenvalue weighted by Gasteiger charge is -2.13. The average molecular weight is 219 g/mol. The van der Waals surface area contributed by atoms with Crippen LogP contribution in [0.2, 0.25) is 0 Å². The number of para-hydroxylation sites is 1. The number of nitrogens with two attached hydrogens (primary N) is 1. The molecule has 1 aromatic heterocycles. The molecule has 0 amide bonds. The third kappa shape index (κ3) is 2.04. The molecule has 1 heterocycles. The summed E-state index contributed by atoms with van der Waals surface area (Å²) in [6, 6.07) is 7.14. The second-order valence-corrected chi connectivity index (χ2v) is 3.24. The van der Waals surface area contributed by atoms with Crippen molar-refractivity contribution in [1.29, 1.82) is 0 Å². The largest absolute Gasteiger partial charge is 0.494 e. The molecule has 1 aromatic carbocycles. The Morgan fingerprint density at radius 3 is 2.94 bits per heavy atom. The predicted molar refractivity (Wildman–Crippen MR) is 57.9 cm³/mol. The van der Waals surface area contributed by atoms with Gasteiger partial charge in [0.2, 0.25) is 6.39 Å². The van der Waals surface area contributed by atoms with Crippen molar-refractivity contribution in [2.24, 2.45) is 5.73 Å². The summed E-state index contributed by atoms with van der Waals surface area (Å²) in [5.74, 6) is 1.20. The van der Waals surface area contributed by atoms with E-state index in [1.807, 2.05) is 31.2 Å². The fraction of sp³-hybridized carbons (Fsp3) is 0.273. The van der Waals surface area contributed by atoms with Crippen LogP contribution in [0.15, 0.2) is 35.2 Å². The van der Waals surface area contributed by atoms with Crippen LogP contribution in [-0.2, 0) is 0 Å². The zero-order valence-corrected chi connectivity index (χ0v) is 8.96. The fourth-order valence-electron chi connectivity index (χ4n) is 1.48. The molecule has 2 N–H and O–H groups in total. The summed E-state index contributed by atoms with van der Waals surface area (Å²) < 4.78 is 10.2. The minimum Gasteiger partial charge on any atom is -0.494 e. The van der Waals surface area contributed by atoms with Gasteiger partial charge in [-0.15, -0.1) is 0 Å². The lowest BCUT2D eigenvalue weighted by atomic mass is 10.1. The number of ether oxygens (including phenoxy) is 1. The van der Waals surface area contributed by atoms with E-state index in [2.05, 4.69) is 14.7 Å². The molecule has 1 unspecified atom stereocenters. The van der Waals surface area contributed by atoms with Gasteiger partial charge in [-0.05, 0) is 13.0 Å². The van der Waals surface area contributed by atoms with Crippen LogP contribution < -0.4 is 10.5 Å². The summed E-state index contributed by atoms with van der Waals surface area (Å²) in [7, 11) is 0. The van der Waals surface area contributed by atoms with E-state index in [0.29, 0.717) is 12.4 Å². The molecule has 0 aliphatic carbocycles. The van der Waals surface area contributed by atoms with Gasteiger partial charge < -0.3 is 15.0 Å². The lowest BCUT2D eigenvalue weighted by Crippen LogP contribution is -2.15.